The first-order valence-corrected chi connectivity index (χ1v) is 9.35. The zero-order valence-electron chi connectivity index (χ0n) is 15.2. The average molecular weight is 351 g/mol. The molecule has 6 heteroatoms. The number of nitrogen functional groups attached to an aromatic ring is 1. The first-order valence-electron chi connectivity index (χ1n) is 9.35. The van der Waals surface area contributed by atoms with Crippen molar-refractivity contribution < 1.29 is 4.74 Å². The Morgan fingerprint density at radius 3 is 2.69 bits per heavy atom. The van der Waals surface area contributed by atoms with Gasteiger partial charge in [0.1, 0.15) is 23.5 Å². The number of ether oxygens (including phenoxy) is 1. The summed E-state index contributed by atoms with van der Waals surface area (Å²) in [7, 11) is 0. The summed E-state index contributed by atoms with van der Waals surface area (Å²) in [6.07, 6.45) is 7.07. The van der Waals surface area contributed by atoms with E-state index in [1.807, 2.05) is 24.3 Å². The minimum Gasteiger partial charge on any atom is -0.487 e. The summed E-state index contributed by atoms with van der Waals surface area (Å²) >= 11 is 0. The molecule has 0 bridgehead atoms. The van der Waals surface area contributed by atoms with Crippen molar-refractivity contribution in [2.75, 3.05) is 23.7 Å². The quantitative estimate of drug-likeness (QED) is 0.615. The Labute approximate surface area is 153 Å². The summed E-state index contributed by atoms with van der Waals surface area (Å²) in [5, 5.41) is 8.62. The zero-order chi connectivity index (χ0) is 18.1. The maximum atomic E-state index is 8.62. The van der Waals surface area contributed by atoms with Gasteiger partial charge in [0.15, 0.2) is 0 Å². The van der Waals surface area contributed by atoms with Crippen LogP contribution in [0.15, 0.2) is 30.6 Å². The van der Waals surface area contributed by atoms with E-state index in [4.69, 9.17) is 15.9 Å². The van der Waals surface area contributed by atoms with Crippen LogP contribution in [-0.2, 0) is 0 Å². The standard InChI is InChI=1S/C20H25N5O/c1-2-20(7-8-20)26-14-5-6-16(21)15(11-14)19(22)17-12-18(24-13-23-17)25-9-3-4-10-25/h5-6,11-13,22H,2-4,7-10,21H2,1H3. The molecule has 0 spiro atoms. The van der Waals surface area contributed by atoms with Crippen LogP contribution in [0.1, 0.15) is 50.3 Å². The molecular weight excluding hydrogens is 326 g/mol. The fourth-order valence-electron chi connectivity index (χ4n) is 3.47. The van der Waals surface area contributed by atoms with Crippen LogP contribution in [-0.4, -0.2) is 34.4 Å². The van der Waals surface area contributed by atoms with Crippen LogP contribution in [0.25, 0.3) is 0 Å². The average Bonchev–Trinajstić information content (AvgIpc) is 3.22. The number of anilines is 2. The van der Waals surface area contributed by atoms with E-state index in [9.17, 15) is 0 Å². The highest BCUT2D eigenvalue weighted by atomic mass is 16.5. The fourth-order valence-corrected chi connectivity index (χ4v) is 3.47. The molecule has 2 heterocycles. The number of nitrogens with two attached hydrogens (primary N) is 1. The van der Waals surface area contributed by atoms with Gasteiger partial charge in [-0.3, -0.25) is 5.41 Å². The Morgan fingerprint density at radius 1 is 1.23 bits per heavy atom. The highest BCUT2D eigenvalue weighted by Gasteiger charge is 2.43. The molecule has 1 aromatic heterocycles. The summed E-state index contributed by atoms with van der Waals surface area (Å²) in [6.45, 7) is 4.16. The fraction of sp³-hybridized carbons (Fsp3) is 0.450. The molecule has 0 unspecified atom stereocenters. The molecule has 2 fully saturated rings. The number of aromatic nitrogens is 2. The molecule has 1 aliphatic carbocycles. The van der Waals surface area contributed by atoms with E-state index in [1.165, 1.54) is 19.2 Å². The maximum Gasteiger partial charge on any atom is 0.132 e. The van der Waals surface area contributed by atoms with E-state index in [0.717, 1.165) is 43.9 Å². The number of nitrogens with one attached hydrogen (secondary N) is 1. The molecule has 6 nitrogen and oxygen atoms in total. The van der Waals surface area contributed by atoms with Crippen molar-refractivity contribution >= 4 is 17.2 Å². The topological polar surface area (TPSA) is 88.1 Å². The summed E-state index contributed by atoms with van der Waals surface area (Å²) in [5.74, 6) is 1.65. The summed E-state index contributed by atoms with van der Waals surface area (Å²) in [5.41, 5.74) is 8.23. The van der Waals surface area contributed by atoms with Gasteiger partial charge in [0.2, 0.25) is 0 Å². The van der Waals surface area contributed by atoms with E-state index >= 15 is 0 Å². The van der Waals surface area contributed by atoms with Gasteiger partial charge in [-0.15, -0.1) is 0 Å². The molecule has 0 radical (unpaired) electrons. The third-order valence-corrected chi connectivity index (χ3v) is 5.42. The van der Waals surface area contributed by atoms with Crippen molar-refractivity contribution in [1.82, 2.24) is 9.97 Å². The normalized spacial score (nSPS) is 18.0. The molecule has 0 atom stereocenters. The van der Waals surface area contributed by atoms with Crippen molar-refractivity contribution in [3.63, 3.8) is 0 Å². The lowest BCUT2D eigenvalue weighted by molar-refractivity contribution is 0.174. The van der Waals surface area contributed by atoms with Crippen LogP contribution in [0.4, 0.5) is 11.5 Å². The Balaban J connectivity index is 1.60. The smallest absolute Gasteiger partial charge is 0.132 e. The van der Waals surface area contributed by atoms with E-state index in [0.29, 0.717) is 22.7 Å². The van der Waals surface area contributed by atoms with Crippen LogP contribution in [0.2, 0.25) is 0 Å². The Hall–Kier alpha value is -2.63. The van der Waals surface area contributed by atoms with Gasteiger partial charge in [0.25, 0.3) is 0 Å². The van der Waals surface area contributed by atoms with Crippen LogP contribution >= 0.6 is 0 Å². The van der Waals surface area contributed by atoms with Gasteiger partial charge in [-0.25, -0.2) is 9.97 Å². The second-order valence-electron chi connectivity index (χ2n) is 7.22. The monoisotopic (exact) mass is 351 g/mol. The lowest BCUT2D eigenvalue weighted by Gasteiger charge is -2.18. The van der Waals surface area contributed by atoms with Gasteiger partial charge in [0.05, 0.1) is 11.4 Å². The van der Waals surface area contributed by atoms with Crippen molar-refractivity contribution in [1.29, 1.82) is 5.41 Å². The third-order valence-electron chi connectivity index (χ3n) is 5.42. The van der Waals surface area contributed by atoms with Crippen molar-refractivity contribution in [2.45, 2.75) is 44.6 Å². The molecule has 2 aromatic rings. The van der Waals surface area contributed by atoms with E-state index in [2.05, 4.69) is 21.8 Å². The molecule has 1 saturated carbocycles. The van der Waals surface area contributed by atoms with Crippen LogP contribution in [0, 0.1) is 5.41 Å². The molecular formula is C20H25N5O. The number of hydrogen-bond acceptors (Lipinski definition) is 6. The number of rotatable bonds is 6. The highest BCUT2D eigenvalue weighted by Crippen LogP contribution is 2.43. The van der Waals surface area contributed by atoms with Crippen LogP contribution in [0.3, 0.4) is 0 Å². The predicted molar refractivity (Wildman–Crippen MR) is 103 cm³/mol. The first-order chi connectivity index (χ1) is 12.6. The minimum absolute atomic E-state index is 0.0204. The molecule has 2 aliphatic rings. The summed E-state index contributed by atoms with van der Waals surface area (Å²) < 4.78 is 6.16. The Morgan fingerprint density at radius 2 is 2.00 bits per heavy atom. The Kier molecular flexibility index (Phi) is 4.26. The second kappa shape index (κ2) is 6.59. The lowest BCUT2D eigenvalue weighted by Crippen LogP contribution is -2.20. The van der Waals surface area contributed by atoms with E-state index < -0.39 is 0 Å². The van der Waals surface area contributed by atoms with Crippen LogP contribution < -0.4 is 15.4 Å². The SMILES string of the molecule is CCC1(Oc2ccc(N)c(C(=N)c3cc(N4CCCC4)ncn3)c2)CC1. The third kappa shape index (κ3) is 3.23. The second-order valence-corrected chi connectivity index (χ2v) is 7.22. The van der Waals surface area contributed by atoms with E-state index in [1.54, 1.807) is 0 Å². The summed E-state index contributed by atoms with van der Waals surface area (Å²) in [4.78, 5) is 10.9. The molecule has 136 valence electrons. The Bertz CT molecular complexity index is 825. The van der Waals surface area contributed by atoms with Gasteiger partial charge in [-0.1, -0.05) is 6.92 Å². The molecule has 1 aromatic carbocycles. The number of nitrogens with zero attached hydrogens (tertiary/aromatic N) is 3. The number of benzene rings is 1. The summed E-state index contributed by atoms with van der Waals surface area (Å²) in [6, 6.07) is 7.45. The molecule has 3 N–H and O–H groups in total. The molecule has 1 saturated heterocycles. The molecule has 4 rings (SSSR count). The van der Waals surface area contributed by atoms with E-state index in [-0.39, 0.29) is 5.60 Å². The van der Waals surface area contributed by atoms with Crippen molar-refractivity contribution in [2.24, 2.45) is 0 Å². The van der Waals surface area contributed by atoms with Crippen molar-refractivity contribution in [3.05, 3.63) is 41.9 Å². The first kappa shape index (κ1) is 16.8. The molecule has 1 aliphatic heterocycles. The highest BCUT2D eigenvalue weighted by molar-refractivity contribution is 6.13. The van der Waals surface area contributed by atoms with Gasteiger partial charge in [0, 0.05) is 30.4 Å². The lowest BCUT2D eigenvalue weighted by atomic mass is 10.0. The van der Waals surface area contributed by atoms with Gasteiger partial charge < -0.3 is 15.4 Å². The molecule has 26 heavy (non-hydrogen) atoms. The largest absolute Gasteiger partial charge is 0.487 e. The minimum atomic E-state index is -0.0204. The zero-order valence-corrected chi connectivity index (χ0v) is 15.2. The van der Waals surface area contributed by atoms with Gasteiger partial charge in [-0.2, -0.15) is 0 Å². The van der Waals surface area contributed by atoms with Crippen molar-refractivity contribution in [3.8, 4) is 5.75 Å². The van der Waals surface area contributed by atoms with Gasteiger partial charge in [-0.05, 0) is 50.3 Å². The van der Waals surface area contributed by atoms with Gasteiger partial charge >= 0.3 is 0 Å². The maximum absolute atomic E-state index is 8.62. The predicted octanol–water partition coefficient (Wildman–Crippen LogP) is 3.40. The van der Waals surface area contributed by atoms with Crippen LogP contribution in [0.5, 0.6) is 5.75 Å². The molecule has 0 amide bonds. The number of hydrogen-bond donors (Lipinski definition) is 2.